The Morgan fingerprint density at radius 2 is 1.59 bits per heavy atom. The maximum absolute atomic E-state index is 13.2. The molecule has 0 aliphatic carbocycles. The van der Waals surface area contributed by atoms with Crippen LogP contribution in [0.2, 0.25) is 0 Å². The van der Waals surface area contributed by atoms with Gasteiger partial charge in [0.1, 0.15) is 5.75 Å². The Kier molecular flexibility index (Phi) is 4.32. The number of carbonyl (C=O) groups is 2. The summed E-state index contributed by atoms with van der Waals surface area (Å²) in [5, 5.41) is 8.72. The standard InChI is InChI=1S/C21H16N2O4/c24-20(22-26)15-11-9-14(10-12-15)13-23-17-6-2-4-8-19(17)27-18-7-3-1-5-16(18)21(23)25/h1-12,26H,13H2,(H,22,24). The molecule has 2 amide bonds. The van der Waals surface area contributed by atoms with Crippen molar-refractivity contribution >= 4 is 17.5 Å². The molecule has 2 N–H and O–H groups in total. The van der Waals surface area contributed by atoms with Gasteiger partial charge in [-0.1, -0.05) is 36.4 Å². The molecule has 3 aromatic rings. The molecule has 0 aromatic heterocycles. The molecule has 6 heteroatoms. The number of hydroxylamine groups is 1. The van der Waals surface area contributed by atoms with E-state index < -0.39 is 5.91 Å². The van der Waals surface area contributed by atoms with Crippen LogP contribution in [0.1, 0.15) is 26.3 Å². The molecule has 0 spiro atoms. The molecule has 0 bridgehead atoms. The number of anilines is 1. The molecule has 0 unspecified atom stereocenters. The molecule has 6 nitrogen and oxygen atoms in total. The zero-order valence-corrected chi connectivity index (χ0v) is 14.3. The van der Waals surface area contributed by atoms with Crippen molar-refractivity contribution in [1.29, 1.82) is 0 Å². The number of nitrogens with one attached hydrogen (secondary N) is 1. The Morgan fingerprint density at radius 3 is 2.33 bits per heavy atom. The monoisotopic (exact) mass is 360 g/mol. The summed E-state index contributed by atoms with van der Waals surface area (Å²) < 4.78 is 5.96. The summed E-state index contributed by atoms with van der Waals surface area (Å²) in [4.78, 5) is 26.3. The molecular weight excluding hydrogens is 344 g/mol. The SMILES string of the molecule is O=C(NO)c1ccc(CN2C(=O)c3ccccc3Oc3ccccc32)cc1. The van der Waals surface area contributed by atoms with Gasteiger partial charge in [0.05, 0.1) is 17.8 Å². The van der Waals surface area contributed by atoms with Gasteiger partial charge in [0.15, 0.2) is 5.75 Å². The molecule has 0 saturated carbocycles. The smallest absolute Gasteiger partial charge is 0.274 e. The van der Waals surface area contributed by atoms with Crippen molar-refractivity contribution < 1.29 is 19.5 Å². The normalized spacial score (nSPS) is 12.5. The minimum Gasteiger partial charge on any atom is -0.454 e. The first-order chi connectivity index (χ1) is 13.2. The zero-order valence-electron chi connectivity index (χ0n) is 14.3. The number of fused-ring (bicyclic) bond motifs is 2. The van der Waals surface area contributed by atoms with E-state index >= 15 is 0 Å². The number of amides is 2. The third-order valence-electron chi connectivity index (χ3n) is 4.40. The summed E-state index contributed by atoms with van der Waals surface area (Å²) >= 11 is 0. The minimum absolute atomic E-state index is 0.160. The summed E-state index contributed by atoms with van der Waals surface area (Å²) in [6.07, 6.45) is 0. The van der Waals surface area contributed by atoms with Crippen LogP contribution >= 0.6 is 0 Å². The van der Waals surface area contributed by atoms with E-state index in [4.69, 9.17) is 9.94 Å². The van der Waals surface area contributed by atoms with Crippen molar-refractivity contribution in [2.45, 2.75) is 6.54 Å². The van der Waals surface area contributed by atoms with Gasteiger partial charge in [-0.15, -0.1) is 0 Å². The number of hydrogen-bond acceptors (Lipinski definition) is 4. The molecule has 1 aliphatic heterocycles. The summed E-state index contributed by atoms with van der Waals surface area (Å²) in [5.41, 5.74) is 3.94. The van der Waals surface area contributed by atoms with E-state index in [-0.39, 0.29) is 5.91 Å². The quantitative estimate of drug-likeness (QED) is 0.551. The lowest BCUT2D eigenvalue weighted by Crippen LogP contribution is -2.29. The van der Waals surface area contributed by atoms with Gasteiger partial charge in [-0.25, -0.2) is 5.48 Å². The molecule has 0 fully saturated rings. The van der Waals surface area contributed by atoms with Gasteiger partial charge in [-0.3, -0.25) is 14.8 Å². The second-order valence-electron chi connectivity index (χ2n) is 6.10. The molecule has 4 rings (SSSR count). The molecule has 1 aliphatic rings. The van der Waals surface area contributed by atoms with Crippen molar-refractivity contribution in [3.63, 3.8) is 0 Å². The Hall–Kier alpha value is -3.64. The molecule has 3 aromatic carbocycles. The lowest BCUT2D eigenvalue weighted by molar-refractivity contribution is 0.0706. The lowest BCUT2D eigenvalue weighted by atomic mass is 10.1. The number of nitrogens with zero attached hydrogens (tertiary/aromatic N) is 1. The Balaban J connectivity index is 1.72. The predicted octanol–water partition coefficient (Wildman–Crippen LogP) is 3.76. The van der Waals surface area contributed by atoms with Crippen LogP contribution in [0.3, 0.4) is 0 Å². The van der Waals surface area contributed by atoms with Crippen LogP contribution in [-0.4, -0.2) is 17.0 Å². The molecule has 0 atom stereocenters. The number of carbonyl (C=O) groups excluding carboxylic acids is 2. The van der Waals surface area contributed by atoms with Crippen LogP contribution in [-0.2, 0) is 6.54 Å². The maximum Gasteiger partial charge on any atom is 0.274 e. The third kappa shape index (κ3) is 3.14. The van der Waals surface area contributed by atoms with E-state index in [0.717, 1.165) is 5.56 Å². The summed E-state index contributed by atoms with van der Waals surface area (Å²) in [5.74, 6) is 0.382. The highest BCUT2D eigenvalue weighted by Gasteiger charge is 2.27. The van der Waals surface area contributed by atoms with Crippen LogP contribution in [0.15, 0.2) is 72.8 Å². The van der Waals surface area contributed by atoms with E-state index in [9.17, 15) is 9.59 Å². The van der Waals surface area contributed by atoms with E-state index in [0.29, 0.717) is 34.9 Å². The molecular formula is C21H16N2O4. The molecule has 1 heterocycles. The van der Waals surface area contributed by atoms with E-state index in [1.165, 1.54) is 0 Å². The topological polar surface area (TPSA) is 78.9 Å². The first kappa shape index (κ1) is 16.8. The zero-order chi connectivity index (χ0) is 18.8. The fourth-order valence-corrected chi connectivity index (χ4v) is 3.04. The number of rotatable bonds is 3. The molecule has 0 saturated heterocycles. The molecule has 0 radical (unpaired) electrons. The van der Waals surface area contributed by atoms with Crippen LogP contribution in [0.4, 0.5) is 5.69 Å². The van der Waals surface area contributed by atoms with Crippen molar-refractivity contribution in [3.8, 4) is 11.5 Å². The van der Waals surface area contributed by atoms with Crippen LogP contribution in [0, 0.1) is 0 Å². The number of hydrogen-bond donors (Lipinski definition) is 2. The fraction of sp³-hybridized carbons (Fsp3) is 0.0476. The second-order valence-corrected chi connectivity index (χ2v) is 6.10. The van der Waals surface area contributed by atoms with Crippen molar-refractivity contribution in [2.75, 3.05) is 4.90 Å². The van der Waals surface area contributed by atoms with Gasteiger partial charge in [0.2, 0.25) is 0 Å². The number of ether oxygens (including phenoxy) is 1. The summed E-state index contributed by atoms with van der Waals surface area (Å²) in [6, 6.07) is 21.2. The van der Waals surface area contributed by atoms with Gasteiger partial charge < -0.3 is 9.64 Å². The summed E-state index contributed by atoms with van der Waals surface area (Å²) in [6.45, 7) is 0.314. The highest BCUT2D eigenvalue weighted by molar-refractivity contribution is 6.09. The van der Waals surface area contributed by atoms with E-state index in [1.54, 1.807) is 52.8 Å². The molecule has 27 heavy (non-hydrogen) atoms. The fourth-order valence-electron chi connectivity index (χ4n) is 3.04. The van der Waals surface area contributed by atoms with Crippen LogP contribution in [0.5, 0.6) is 11.5 Å². The predicted molar refractivity (Wildman–Crippen MR) is 99.2 cm³/mol. The average molecular weight is 360 g/mol. The first-order valence-corrected chi connectivity index (χ1v) is 8.38. The van der Waals surface area contributed by atoms with Gasteiger partial charge >= 0.3 is 0 Å². The Morgan fingerprint density at radius 1 is 0.926 bits per heavy atom. The minimum atomic E-state index is -0.583. The first-order valence-electron chi connectivity index (χ1n) is 8.38. The Labute approximate surface area is 155 Å². The maximum atomic E-state index is 13.2. The van der Waals surface area contributed by atoms with E-state index in [2.05, 4.69) is 0 Å². The average Bonchev–Trinajstić information content (AvgIpc) is 2.83. The Bertz CT molecular complexity index is 1010. The lowest BCUT2D eigenvalue weighted by Gasteiger charge is -2.22. The van der Waals surface area contributed by atoms with Crippen LogP contribution < -0.4 is 15.1 Å². The van der Waals surface area contributed by atoms with E-state index in [1.807, 2.05) is 30.3 Å². The van der Waals surface area contributed by atoms with Crippen LogP contribution in [0.25, 0.3) is 0 Å². The third-order valence-corrected chi connectivity index (χ3v) is 4.40. The largest absolute Gasteiger partial charge is 0.454 e. The highest BCUT2D eigenvalue weighted by Crippen LogP contribution is 2.39. The van der Waals surface area contributed by atoms with Gasteiger partial charge in [0.25, 0.3) is 11.8 Å². The second kappa shape index (κ2) is 6.93. The summed E-state index contributed by atoms with van der Waals surface area (Å²) in [7, 11) is 0. The van der Waals surface area contributed by atoms with Crippen molar-refractivity contribution in [3.05, 3.63) is 89.5 Å². The molecule has 134 valence electrons. The van der Waals surface area contributed by atoms with Gasteiger partial charge in [-0.2, -0.15) is 0 Å². The van der Waals surface area contributed by atoms with Crippen molar-refractivity contribution in [1.82, 2.24) is 5.48 Å². The van der Waals surface area contributed by atoms with Gasteiger partial charge in [0, 0.05) is 5.56 Å². The number of para-hydroxylation sites is 3. The van der Waals surface area contributed by atoms with Gasteiger partial charge in [-0.05, 0) is 42.0 Å². The van der Waals surface area contributed by atoms with Crippen molar-refractivity contribution in [2.24, 2.45) is 0 Å². The highest BCUT2D eigenvalue weighted by atomic mass is 16.5. The number of benzene rings is 3.